The molecule has 0 unspecified atom stereocenters. The summed E-state index contributed by atoms with van der Waals surface area (Å²) < 4.78 is 10.7. The van der Waals surface area contributed by atoms with Gasteiger partial charge in [-0.05, 0) is 43.9 Å². The van der Waals surface area contributed by atoms with Crippen molar-refractivity contribution in [1.82, 2.24) is 10.5 Å². The Balaban J connectivity index is 1.97. The maximum absolute atomic E-state index is 13.0. The van der Waals surface area contributed by atoms with Crippen LogP contribution in [0.25, 0.3) is 0 Å². The molecule has 0 radical (unpaired) electrons. The maximum atomic E-state index is 13.0. The van der Waals surface area contributed by atoms with Gasteiger partial charge in [0.25, 0.3) is 5.91 Å². The summed E-state index contributed by atoms with van der Waals surface area (Å²) in [5, 5.41) is 16.4. The zero-order valence-corrected chi connectivity index (χ0v) is 14.5. The largest absolute Gasteiger partial charge is 0.381 e. The van der Waals surface area contributed by atoms with E-state index in [2.05, 4.69) is 16.5 Å². The number of nitriles is 1. The number of carbonyl (C=O) groups is 1. The number of ether oxygens (including phenoxy) is 1. The van der Waals surface area contributed by atoms with Gasteiger partial charge in [-0.3, -0.25) is 4.79 Å². The van der Waals surface area contributed by atoms with E-state index >= 15 is 0 Å². The fraction of sp³-hybridized carbons (Fsp3) is 0.421. The van der Waals surface area contributed by atoms with Crippen LogP contribution in [-0.2, 0) is 16.7 Å². The molecule has 0 atom stereocenters. The first-order valence-electron chi connectivity index (χ1n) is 8.45. The molecule has 1 aliphatic rings. The smallest absolute Gasteiger partial charge is 0.257 e. The van der Waals surface area contributed by atoms with Crippen LogP contribution in [-0.4, -0.2) is 24.3 Å². The van der Waals surface area contributed by atoms with Crippen molar-refractivity contribution < 1.29 is 14.1 Å². The van der Waals surface area contributed by atoms with Crippen molar-refractivity contribution in [1.29, 1.82) is 5.26 Å². The molecule has 6 heteroatoms. The van der Waals surface area contributed by atoms with Crippen molar-refractivity contribution in [2.45, 2.75) is 38.6 Å². The Morgan fingerprint density at radius 1 is 1.40 bits per heavy atom. The summed E-state index contributed by atoms with van der Waals surface area (Å²) in [6.45, 7) is 4.79. The molecule has 1 amide bonds. The van der Waals surface area contributed by atoms with Crippen molar-refractivity contribution in [3.63, 3.8) is 0 Å². The molecule has 1 N–H and O–H groups in total. The minimum Gasteiger partial charge on any atom is -0.381 e. The molecule has 1 aromatic heterocycles. The van der Waals surface area contributed by atoms with Crippen LogP contribution >= 0.6 is 0 Å². The fourth-order valence-corrected chi connectivity index (χ4v) is 3.32. The lowest BCUT2D eigenvalue weighted by molar-refractivity contribution is 0.0345. The molecule has 0 spiro atoms. The highest BCUT2D eigenvalue weighted by Gasteiger charge is 2.37. The monoisotopic (exact) mass is 339 g/mol. The first-order valence-corrected chi connectivity index (χ1v) is 8.45. The fourth-order valence-electron chi connectivity index (χ4n) is 3.32. The topological polar surface area (TPSA) is 88.2 Å². The molecule has 0 saturated carbocycles. The maximum Gasteiger partial charge on any atom is 0.257 e. The Morgan fingerprint density at radius 2 is 2.16 bits per heavy atom. The first kappa shape index (κ1) is 17.2. The Bertz CT molecular complexity index is 814. The second kappa shape index (κ2) is 7.08. The van der Waals surface area contributed by atoms with Crippen LogP contribution in [0.2, 0.25) is 0 Å². The summed E-state index contributed by atoms with van der Waals surface area (Å²) in [7, 11) is 0. The number of hydrogen-bond donors (Lipinski definition) is 1. The summed E-state index contributed by atoms with van der Waals surface area (Å²) >= 11 is 0. The molecule has 2 heterocycles. The molecule has 3 rings (SSSR count). The van der Waals surface area contributed by atoms with Crippen LogP contribution in [0.3, 0.4) is 0 Å². The lowest BCUT2D eigenvalue weighted by Crippen LogP contribution is -2.49. The zero-order chi connectivity index (χ0) is 17.9. The van der Waals surface area contributed by atoms with Gasteiger partial charge in [-0.25, -0.2) is 0 Å². The van der Waals surface area contributed by atoms with Gasteiger partial charge in [0.05, 0.1) is 22.9 Å². The number of aromatic nitrogens is 1. The standard InChI is InChI=1S/C19H21N3O3/c1-3-16-17(13(2)25-22-16)18(23)21-19(7-9-24-10-8-19)15-6-4-5-14(11-15)12-20/h4-6,11H,3,7-10H2,1-2H3,(H,21,23). The molecular formula is C19H21N3O3. The van der Waals surface area contributed by atoms with Crippen molar-refractivity contribution in [2.24, 2.45) is 0 Å². The van der Waals surface area contributed by atoms with Gasteiger partial charge >= 0.3 is 0 Å². The van der Waals surface area contributed by atoms with Gasteiger partial charge in [0.2, 0.25) is 0 Å². The summed E-state index contributed by atoms with van der Waals surface area (Å²) in [5.74, 6) is 0.321. The van der Waals surface area contributed by atoms with Crippen molar-refractivity contribution >= 4 is 5.91 Å². The third kappa shape index (κ3) is 3.28. The third-order valence-corrected chi connectivity index (χ3v) is 4.74. The second-order valence-corrected chi connectivity index (χ2v) is 6.26. The Morgan fingerprint density at radius 3 is 2.84 bits per heavy atom. The SMILES string of the molecule is CCc1noc(C)c1C(=O)NC1(c2cccc(C#N)c2)CCOCC1. The lowest BCUT2D eigenvalue weighted by Gasteiger charge is -2.38. The highest BCUT2D eigenvalue weighted by molar-refractivity contribution is 5.96. The summed E-state index contributed by atoms with van der Waals surface area (Å²) in [4.78, 5) is 13.0. The van der Waals surface area contributed by atoms with E-state index in [9.17, 15) is 10.1 Å². The third-order valence-electron chi connectivity index (χ3n) is 4.74. The van der Waals surface area contributed by atoms with E-state index in [-0.39, 0.29) is 5.91 Å². The van der Waals surface area contributed by atoms with Crippen LogP contribution in [0.1, 0.15) is 52.7 Å². The number of benzene rings is 1. The van der Waals surface area contributed by atoms with E-state index in [1.54, 1.807) is 13.0 Å². The van der Waals surface area contributed by atoms with Gasteiger partial charge in [-0.1, -0.05) is 24.2 Å². The Labute approximate surface area is 146 Å². The molecule has 1 saturated heterocycles. The first-order chi connectivity index (χ1) is 12.1. The average Bonchev–Trinajstić information content (AvgIpc) is 3.03. The number of amides is 1. The zero-order valence-electron chi connectivity index (χ0n) is 14.5. The van der Waals surface area contributed by atoms with Crippen LogP contribution in [0, 0.1) is 18.3 Å². The van der Waals surface area contributed by atoms with Gasteiger partial charge in [0.15, 0.2) is 0 Å². The molecule has 25 heavy (non-hydrogen) atoms. The number of nitrogens with one attached hydrogen (secondary N) is 1. The van der Waals surface area contributed by atoms with Crippen LogP contribution in [0.4, 0.5) is 0 Å². The van der Waals surface area contributed by atoms with Crippen molar-refractivity contribution in [3.05, 3.63) is 52.4 Å². The van der Waals surface area contributed by atoms with Gasteiger partial charge in [0.1, 0.15) is 11.3 Å². The molecule has 130 valence electrons. The molecule has 1 aromatic carbocycles. The van der Waals surface area contributed by atoms with Crippen LogP contribution in [0.5, 0.6) is 0 Å². The predicted molar refractivity (Wildman–Crippen MR) is 91.0 cm³/mol. The molecule has 6 nitrogen and oxygen atoms in total. The predicted octanol–water partition coefficient (Wildman–Crippen LogP) is 2.85. The molecular weight excluding hydrogens is 318 g/mol. The molecule has 2 aromatic rings. The van der Waals surface area contributed by atoms with Crippen molar-refractivity contribution in [2.75, 3.05) is 13.2 Å². The summed E-state index contributed by atoms with van der Waals surface area (Å²) in [6, 6.07) is 9.56. The van der Waals surface area contributed by atoms with E-state index in [1.807, 2.05) is 25.1 Å². The van der Waals surface area contributed by atoms with Gasteiger partial charge in [-0.2, -0.15) is 5.26 Å². The van der Waals surface area contributed by atoms with E-state index < -0.39 is 5.54 Å². The number of nitrogens with zero attached hydrogens (tertiary/aromatic N) is 2. The Hall–Kier alpha value is -2.65. The molecule has 0 aliphatic carbocycles. The highest BCUT2D eigenvalue weighted by atomic mass is 16.5. The Kier molecular flexibility index (Phi) is 4.86. The number of rotatable bonds is 4. The van der Waals surface area contributed by atoms with Crippen LogP contribution in [0.15, 0.2) is 28.8 Å². The number of hydrogen-bond acceptors (Lipinski definition) is 5. The quantitative estimate of drug-likeness (QED) is 0.925. The number of aryl methyl sites for hydroxylation is 2. The molecule has 1 fully saturated rings. The molecule has 0 bridgehead atoms. The van der Waals surface area contributed by atoms with E-state index in [0.29, 0.717) is 55.1 Å². The van der Waals surface area contributed by atoms with E-state index in [0.717, 1.165) is 5.56 Å². The van der Waals surface area contributed by atoms with Gasteiger partial charge in [0, 0.05) is 13.2 Å². The van der Waals surface area contributed by atoms with Crippen LogP contribution < -0.4 is 5.32 Å². The van der Waals surface area contributed by atoms with Gasteiger partial charge in [-0.15, -0.1) is 0 Å². The van der Waals surface area contributed by atoms with Gasteiger partial charge < -0.3 is 14.6 Å². The summed E-state index contributed by atoms with van der Waals surface area (Å²) in [6.07, 6.45) is 1.93. The summed E-state index contributed by atoms with van der Waals surface area (Å²) in [5.41, 5.74) is 2.10. The molecule has 1 aliphatic heterocycles. The highest BCUT2D eigenvalue weighted by Crippen LogP contribution is 2.33. The van der Waals surface area contributed by atoms with E-state index in [1.165, 1.54) is 0 Å². The second-order valence-electron chi connectivity index (χ2n) is 6.26. The lowest BCUT2D eigenvalue weighted by atomic mass is 9.81. The van der Waals surface area contributed by atoms with E-state index in [4.69, 9.17) is 9.26 Å². The minimum atomic E-state index is -0.559. The normalized spacial score (nSPS) is 16.2. The average molecular weight is 339 g/mol. The minimum absolute atomic E-state index is 0.195. The van der Waals surface area contributed by atoms with Crippen molar-refractivity contribution in [3.8, 4) is 6.07 Å². The number of carbonyl (C=O) groups excluding carboxylic acids is 1.